The zero-order valence-electron chi connectivity index (χ0n) is 11.2. The van der Waals surface area contributed by atoms with Gasteiger partial charge in [-0.2, -0.15) is 5.10 Å². The van der Waals surface area contributed by atoms with Crippen molar-refractivity contribution in [1.82, 2.24) is 14.7 Å². The Hall–Kier alpha value is -0.870. The van der Waals surface area contributed by atoms with Crippen molar-refractivity contribution in [2.24, 2.45) is 0 Å². The maximum Gasteiger partial charge on any atom is 0.0843 e. The molecule has 0 radical (unpaired) electrons. The van der Waals surface area contributed by atoms with E-state index in [1.807, 2.05) is 0 Å². The van der Waals surface area contributed by atoms with Crippen LogP contribution in [0, 0.1) is 0 Å². The standard InChI is InChI=1S/C14H20BrN3/c1-4-18-14-8-6-5-7-12(14)13(16-18)10-17(3)11(2)9-15/h5-8,11H,4,9-10H2,1-3H3. The minimum Gasteiger partial charge on any atom is -0.297 e. The summed E-state index contributed by atoms with van der Waals surface area (Å²) in [5.74, 6) is 0. The van der Waals surface area contributed by atoms with Crippen molar-refractivity contribution >= 4 is 26.8 Å². The fourth-order valence-electron chi connectivity index (χ4n) is 2.06. The highest BCUT2D eigenvalue weighted by Crippen LogP contribution is 2.20. The number of rotatable bonds is 5. The van der Waals surface area contributed by atoms with E-state index in [9.17, 15) is 0 Å². The molecule has 0 aliphatic rings. The van der Waals surface area contributed by atoms with E-state index in [4.69, 9.17) is 5.10 Å². The molecule has 0 amide bonds. The summed E-state index contributed by atoms with van der Waals surface area (Å²) >= 11 is 3.53. The van der Waals surface area contributed by atoms with Crippen LogP contribution in [-0.4, -0.2) is 33.1 Å². The van der Waals surface area contributed by atoms with Crippen LogP contribution in [0.25, 0.3) is 10.9 Å². The molecule has 1 unspecified atom stereocenters. The molecule has 0 aliphatic heterocycles. The molecule has 1 aromatic heterocycles. The Kier molecular flexibility index (Phi) is 4.40. The SMILES string of the molecule is CCn1nc(CN(C)C(C)CBr)c2ccccc21. The smallest absolute Gasteiger partial charge is 0.0843 e. The highest BCUT2D eigenvalue weighted by atomic mass is 79.9. The fraction of sp³-hybridized carbons (Fsp3) is 0.500. The predicted molar refractivity (Wildman–Crippen MR) is 80.1 cm³/mol. The minimum absolute atomic E-state index is 0.510. The van der Waals surface area contributed by atoms with E-state index in [0.29, 0.717) is 6.04 Å². The number of aryl methyl sites for hydroxylation is 1. The lowest BCUT2D eigenvalue weighted by molar-refractivity contribution is 0.267. The lowest BCUT2D eigenvalue weighted by Crippen LogP contribution is -2.29. The molecule has 0 saturated carbocycles. The number of alkyl halides is 1. The lowest BCUT2D eigenvalue weighted by atomic mass is 10.2. The van der Waals surface area contributed by atoms with Gasteiger partial charge in [0.2, 0.25) is 0 Å². The van der Waals surface area contributed by atoms with Gasteiger partial charge in [-0.05, 0) is 27.0 Å². The molecular weight excluding hydrogens is 290 g/mol. The summed E-state index contributed by atoms with van der Waals surface area (Å²) in [5, 5.41) is 6.98. The Morgan fingerprint density at radius 3 is 2.78 bits per heavy atom. The van der Waals surface area contributed by atoms with E-state index >= 15 is 0 Å². The Morgan fingerprint density at radius 1 is 1.39 bits per heavy atom. The summed E-state index contributed by atoms with van der Waals surface area (Å²) in [6, 6.07) is 8.97. The maximum atomic E-state index is 4.72. The Morgan fingerprint density at radius 2 is 2.11 bits per heavy atom. The van der Waals surface area contributed by atoms with Crippen LogP contribution >= 0.6 is 15.9 Å². The number of hydrogen-bond acceptors (Lipinski definition) is 2. The van der Waals surface area contributed by atoms with Gasteiger partial charge in [0.05, 0.1) is 11.2 Å². The first-order valence-electron chi connectivity index (χ1n) is 6.38. The van der Waals surface area contributed by atoms with Gasteiger partial charge >= 0.3 is 0 Å². The number of para-hydroxylation sites is 1. The van der Waals surface area contributed by atoms with Crippen LogP contribution in [0.5, 0.6) is 0 Å². The van der Waals surface area contributed by atoms with Crippen LogP contribution < -0.4 is 0 Å². The first-order chi connectivity index (χ1) is 8.67. The monoisotopic (exact) mass is 309 g/mol. The van der Waals surface area contributed by atoms with E-state index < -0.39 is 0 Å². The average molecular weight is 310 g/mol. The third kappa shape index (κ3) is 2.59. The number of benzene rings is 1. The van der Waals surface area contributed by atoms with Crippen molar-refractivity contribution in [3.05, 3.63) is 30.0 Å². The first kappa shape index (κ1) is 13.6. The zero-order chi connectivity index (χ0) is 13.1. The summed E-state index contributed by atoms with van der Waals surface area (Å²) in [6.07, 6.45) is 0. The van der Waals surface area contributed by atoms with Gasteiger partial charge in [0.1, 0.15) is 0 Å². The normalized spacial score (nSPS) is 13.4. The van der Waals surface area contributed by atoms with Gasteiger partial charge in [0.15, 0.2) is 0 Å². The predicted octanol–water partition coefficient (Wildman–Crippen LogP) is 3.27. The van der Waals surface area contributed by atoms with Gasteiger partial charge in [-0.3, -0.25) is 9.58 Å². The molecule has 18 heavy (non-hydrogen) atoms. The van der Waals surface area contributed by atoms with Crippen LogP contribution in [-0.2, 0) is 13.1 Å². The van der Waals surface area contributed by atoms with Crippen molar-refractivity contribution < 1.29 is 0 Å². The van der Waals surface area contributed by atoms with Crippen molar-refractivity contribution in [2.75, 3.05) is 12.4 Å². The van der Waals surface area contributed by atoms with Crippen LogP contribution in [0.15, 0.2) is 24.3 Å². The van der Waals surface area contributed by atoms with Gasteiger partial charge in [0.25, 0.3) is 0 Å². The quantitative estimate of drug-likeness (QED) is 0.790. The molecule has 0 saturated heterocycles. The minimum atomic E-state index is 0.510. The summed E-state index contributed by atoms with van der Waals surface area (Å²) in [7, 11) is 2.14. The number of fused-ring (bicyclic) bond motifs is 1. The topological polar surface area (TPSA) is 21.1 Å². The number of hydrogen-bond donors (Lipinski definition) is 0. The summed E-state index contributed by atoms with van der Waals surface area (Å²) in [4.78, 5) is 2.32. The van der Waals surface area contributed by atoms with Gasteiger partial charge in [-0.25, -0.2) is 0 Å². The molecule has 1 atom stereocenters. The number of nitrogens with zero attached hydrogens (tertiary/aromatic N) is 3. The lowest BCUT2D eigenvalue weighted by Gasteiger charge is -2.21. The van der Waals surface area contributed by atoms with Gasteiger partial charge in [0, 0.05) is 29.8 Å². The molecular formula is C14H20BrN3. The molecule has 0 N–H and O–H groups in total. The van der Waals surface area contributed by atoms with Crippen molar-refractivity contribution in [3.63, 3.8) is 0 Å². The molecule has 0 fully saturated rings. The largest absolute Gasteiger partial charge is 0.297 e. The molecule has 0 bridgehead atoms. The Labute approximate surface area is 117 Å². The number of aromatic nitrogens is 2. The average Bonchev–Trinajstić information content (AvgIpc) is 2.76. The Balaban J connectivity index is 2.33. The summed E-state index contributed by atoms with van der Waals surface area (Å²) < 4.78 is 2.08. The van der Waals surface area contributed by atoms with Gasteiger partial charge < -0.3 is 0 Å². The maximum absolute atomic E-state index is 4.72. The Bertz CT molecular complexity index is 521. The molecule has 2 aromatic rings. The molecule has 0 aliphatic carbocycles. The van der Waals surface area contributed by atoms with Crippen LogP contribution in [0.3, 0.4) is 0 Å². The highest BCUT2D eigenvalue weighted by Gasteiger charge is 2.14. The second-order valence-corrected chi connectivity index (χ2v) is 5.35. The van der Waals surface area contributed by atoms with Crippen LogP contribution in [0.2, 0.25) is 0 Å². The summed E-state index contributed by atoms with van der Waals surface area (Å²) in [5.41, 5.74) is 2.40. The van der Waals surface area contributed by atoms with Crippen LogP contribution in [0.1, 0.15) is 19.5 Å². The van der Waals surface area contributed by atoms with Gasteiger partial charge in [-0.1, -0.05) is 34.1 Å². The number of halogens is 1. The van der Waals surface area contributed by atoms with Crippen LogP contribution in [0.4, 0.5) is 0 Å². The van der Waals surface area contributed by atoms with E-state index in [2.05, 4.69) is 70.7 Å². The first-order valence-corrected chi connectivity index (χ1v) is 7.50. The second-order valence-electron chi connectivity index (χ2n) is 4.70. The van der Waals surface area contributed by atoms with E-state index in [1.54, 1.807) is 0 Å². The molecule has 4 heteroatoms. The van der Waals surface area contributed by atoms with E-state index in [0.717, 1.165) is 18.4 Å². The molecule has 0 spiro atoms. The van der Waals surface area contributed by atoms with Gasteiger partial charge in [-0.15, -0.1) is 0 Å². The molecule has 98 valence electrons. The summed E-state index contributed by atoms with van der Waals surface area (Å²) in [6.45, 7) is 6.15. The molecule has 1 heterocycles. The van der Waals surface area contributed by atoms with Crippen molar-refractivity contribution in [2.45, 2.75) is 33.0 Å². The van der Waals surface area contributed by atoms with Crippen molar-refractivity contribution in [3.8, 4) is 0 Å². The third-order valence-electron chi connectivity index (χ3n) is 3.41. The molecule has 2 rings (SSSR count). The second kappa shape index (κ2) is 5.85. The zero-order valence-corrected chi connectivity index (χ0v) is 12.8. The highest BCUT2D eigenvalue weighted by molar-refractivity contribution is 9.09. The van der Waals surface area contributed by atoms with E-state index in [-0.39, 0.29) is 0 Å². The fourth-order valence-corrected chi connectivity index (χ4v) is 2.56. The third-order valence-corrected chi connectivity index (χ3v) is 4.35. The van der Waals surface area contributed by atoms with E-state index in [1.165, 1.54) is 16.6 Å². The van der Waals surface area contributed by atoms with Crippen molar-refractivity contribution in [1.29, 1.82) is 0 Å². The molecule has 1 aromatic carbocycles. The molecule has 3 nitrogen and oxygen atoms in total.